The van der Waals surface area contributed by atoms with Gasteiger partial charge < -0.3 is 9.13 Å². The lowest BCUT2D eigenvalue weighted by molar-refractivity contribution is 0.968. The standard InChI is InChI=1S/C66H42N8/c1-5-21-41(22-6-1)59-62-61(69-65(67-59)73-55-35-19-16-32-48(55)52-39-57-51(40-58(52)73)47-31-15-17-33-53(47)71(57)43-25-9-3-10-26-43)60(42-23-7-2-8-24-42)68-66(70-62)74-56-36-20-14-30-46(56)50-38-37-49-45-29-13-18-34-54(45)72(63(49)64(50)74)44-27-11-4-12-28-44/h1,3-7,9-40H,2,8H2. The van der Waals surface area contributed by atoms with Gasteiger partial charge >= 0.3 is 0 Å². The van der Waals surface area contributed by atoms with Crippen LogP contribution in [0.4, 0.5) is 0 Å². The van der Waals surface area contributed by atoms with Crippen LogP contribution in [0.1, 0.15) is 18.5 Å². The number of nitrogens with zero attached hydrogens (tertiary/aromatic N) is 8. The number of allylic oxidation sites excluding steroid dienone is 4. The Morgan fingerprint density at radius 2 is 0.743 bits per heavy atom. The summed E-state index contributed by atoms with van der Waals surface area (Å²) in [4.78, 5) is 22.8. The van der Waals surface area contributed by atoms with E-state index in [0.717, 1.165) is 123 Å². The van der Waals surface area contributed by atoms with Crippen molar-refractivity contribution in [3.8, 4) is 34.5 Å². The maximum atomic E-state index is 5.74. The molecular formula is C66H42N8. The molecule has 0 spiro atoms. The van der Waals surface area contributed by atoms with Crippen molar-refractivity contribution in [2.24, 2.45) is 0 Å². The second-order valence-electron chi connectivity index (χ2n) is 19.3. The molecule has 8 nitrogen and oxygen atoms in total. The number of para-hydroxylation sites is 6. The van der Waals surface area contributed by atoms with Crippen molar-refractivity contribution in [3.63, 3.8) is 0 Å². The van der Waals surface area contributed by atoms with E-state index in [1.165, 1.54) is 10.8 Å². The van der Waals surface area contributed by atoms with E-state index in [2.05, 4.69) is 249 Å². The molecule has 0 N–H and O–H groups in total. The quantitative estimate of drug-likeness (QED) is 0.166. The maximum absolute atomic E-state index is 5.74. The molecule has 6 heterocycles. The predicted molar refractivity (Wildman–Crippen MR) is 304 cm³/mol. The lowest BCUT2D eigenvalue weighted by Gasteiger charge is -2.17. The van der Waals surface area contributed by atoms with E-state index in [-0.39, 0.29) is 0 Å². The minimum absolute atomic E-state index is 0.553. The molecule has 0 saturated heterocycles. The smallest absolute Gasteiger partial charge is 0.236 e. The van der Waals surface area contributed by atoms with E-state index in [1.807, 2.05) is 0 Å². The first-order valence-electron chi connectivity index (χ1n) is 25.3. The molecule has 346 valence electrons. The Labute approximate surface area is 423 Å². The lowest BCUT2D eigenvalue weighted by atomic mass is 10.0. The van der Waals surface area contributed by atoms with E-state index < -0.39 is 0 Å². The van der Waals surface area contributed by atoms with Gasteiger partial charge in [0.25, 0.3) is 0 Å². The van der Waals surface area contributed by atoms with Gasteiger partial charge in [-0.25, -0.2) is 19.9 Å². The molecule has 0 bridgehead atoms. The number of aromatic nitrogens is 8. The van der Waals surface area contributed by atoms with Gasteiger partial charge in [0.1, 0.15) is 22.4 Å². The van der Waals surface area contributed by atoms with E-state index in [0.29, 0.717) is 22.9 Å². The highest BCUT2D eigenvalue weighted by molar-refractivity contribution is 6.24. The van der Waals surface area contributed by atoms with Crippen molar-refractivity contribution in [2.45, 2.75) is 12.8 Å². The van der Waals surface area contributed by atoms with Crippen molar-refractivity contribution in [1.29, 1.82) is 0 Å². The van der Waals surface area contributed by atoms with Crippen LogP contribution >= 0.6 is 0 Å². The molecule has 0 aliphatic heterocycles. The van der Waals surface area contributed by atoms with Crippen LogP contribution < -0.4 is 0 Å². The fraction of sp³-hybridized carbons (Fsp3) is 0.0303. The Kier molecular flexibility index (Phi) is 8.70. The van der Waals surface area contributed by atoms with E-state index >= 15 is 0 Å². The van der Waals surface area contributed by atoms with Crippen LogP contribution in [-0.4, -0.2) is 38.2 Å². The summed E-state index contributed by atoms with van der Waals surface area (Å²) in [6.45, 7) is 0. The highest BCUT2D eigenvalue weighted by Gasteiger charge is 2.27. The zero-order chi connectivity index (χ0) is 48.4. The third kappa shape index (κ3) is 5.84. The van der Waals surface area contributed by atoms with Gasteiger partial charge in [0.05, 0.1) is 44.1 Å². The zero-order valence-corrected chi connectivity index (χ0v) is 39.9. The van der Waals surface area contributed by atoms with Crippen LogP contribution in [-0.2, 0) is 0 Å². The first-order chi connectivity index (χ1) is 36.7. The minimum Gasteiger partial charge on any atom is -0.309 e. The summed E-state index contributed by atoms with van der Waals surface area (Å²) in [5.41, 5.74) is 15.6. The Hall–Kier alpha value is -9.92. The highest BCUT2D eigenvalue weighted by atomic mass is 15.2. The third-order valence-electron chi connectivity index (χ3n) is 15.2. The molecule has 0 unspecified atom stereocenters. The summed E-state index contributed by atoms with van der Waals surface area (Å²) in [6, 6.07) is 75.7. The van der Waals surface area contributed by atoms with E-state index in [1.54, 1.807) is 0 Å². The SMILES string of the molecule is C1=CC(c2nc(-n3c4ccccc4c4ccc5c6ccccc6n(-c6ccccc6)c5c43)nc3c(-c4ccccc4)nc(-n4c5ccccc5c5cc6c(cc54)c4ccccc4n6-c4ccccc4)nc23)=CCC1. The van der Waals surface area contributed by atoms with Gasteiger partial charge in [-0.05, 0) is 79.1 Å². The van der Waals surface area contributed by atoms with Crippen molar-refractivity contribution in [3.05, 3.63) is 236 Å². The van der Waals surface area contributed by atoms with Gasteiger partial charge in [-0.15, -0.1) is 0 Å². The number of fused-ring (bicyclic) bond motifs is 14. The lowest BCUT2D eigenvalue weighted by Crippen LogP contribution is -2.10. The van der Waals surface area contributed by atoms with Crippen molar-refractivity contribution in [2.75, 3.05) is 0 Å². The number of hydrogen-bond donors (Lipinski definition) is 0. The van der Waals surface area contributed by atoms with Crippen LogP contribution in [0.25, 0.3) is 138 Å². The highest BCUT2D eigenvalue weighted by Crippen LogP contribution is 2.44. The molecule has 8 heteroatoms. The molecule has 0 atom stereocenters. The second-order valence-corrected chi connectivity index (χ2v) is 19.3. The number of hydrogen-bond acceptors (Lipinski definition) is 4. The predicted octanol–water partition coefficient (Wildman–Crippen LogP) is 16.2. The molecule has 16 rings (SSSR count). The van der Waals surface area contributed by atoms with Gasteiger partial charge in [-0.2, -0.15) is 0 Å². The maximum Gasteiger partial charge on any atom is 0.236 e. The van der Waals surface area contributed by atoms with Crippen molar-refractivity contribution < 1.29 is 0 Å². The Balaban J connectivity index is 1.03. The molecule has 0 saturated carbocycles. The minimum atomic E-state index is 0.553. The molecular weight excluding hydrogens is 905 g/mol. The van der Waals surface area contributed by atoms with Crippen LogP contribution in [0.5, 0.6) is 0 Å². The Morgan fingerprint density at radius 3 is 1.32 bits per heavy atom. The van der Waals surface area contributed by atoms with Gasteiger partial charge in [0.15, 0.2) is 0 Å². The van der Waals surface area contributed by atoms with Crippen LogP contribution in [0.15, 0.2) is 231 Å². The fourth-order valence-electron chi connectivity index (χ4n) is 12.0. The summed E-state index contributed by atoms with van der Waals surface area (Å²) >= 11 is 0. The van der Waals surface area contributed by atoms with Crippen LogP contribution in [0, 0.1) is 0 Å². The normalized spacial score (nSPS) is 13.1. The zero-order valence-electron chi connectivity index (χ0n) is 39.9. The summed E-state index contributed by atoms with van der Waals surface area (Å²) in [7, 11) is 0. The third-order valence-corrected chi connectivity index (χ3v) is 15.2. The Morgan fingerprint density at radius 1 is 0.311 bits per heavy atom. The monoisotopic (exact) mass is 946 g/mol. The second kappa shape index (κ2) is 15.8. The summed E-state index contributed by atoms with van der Waals surface area (Å²) in [5, 5.41) is 9.16. The van der Waals surface area contributed by atoms with Gasteiger partial charge in [-0.3, -0.25) is 9.13 Å². The first kappa shape index (κ1) is 40.8. The number of benzene rings is 9. The van der Waals surface area contributed by atoms with Crippen molar-refractivity contribution >= 4 is 104 Å². The van der Waals surface area contributed by atoms with E-state index in [9.17, 15) is 0 Å². The van der Waals surface area contributed by atoms with Gasteiger partial charge in [0, 0.05) is 60.0 Å². The first-order valence-corrected chi connectivity index (χ1v) is 25.3. The summed E-state index contributed by atoms with van der Waals surface area (Å²) < 4.78 is 9.32. The fourth-order valence-corrected chi connectivity index (χ4v) is 12.0. The number of rotatable bonds is 6. The Bertz CT molecular complexity index is 4880. The van der Waals surface area contributed by atoms with Gasteiger partial charge in [-0.1, -0.05) is 170 Å². The topological polar surface area (TPSA) is 71.3 Å². The molecule has 0 fully saturated rings. The molecule has 9 aromatic carbocycles. The average molecular weight is 947 g/mol. The molecule has 15 aromatic rings. The van der Waals surface area contributed by atoms with Crippen molar-refractivity contribution in [1.82, 2.24) is 38.2 Å². The molecule has 1 aliphatic carbocycles. The molecule has 0 radical (unpaired) electrons. The molecule has 74 heavy (non-hydrogen) atoms. The average Bonchev–Trinajstić information content (AvgIpc) is 4.20. The molecule has 0 amide bonds. The van der Waals surface area contributed by atoms with E-state index in [4.69, 9.17) is 19.9 Å². The van der Waals surface area contributed by atoms with Gasteiger partial charge in [0.2, 0.25) is 11.9 Å². The largest absolute Gasteiger partial charge is 0.309 e. The summed E-state index contributed by atoms with van der Waals surface area (Å²) in [6.07, 6.45) is 8.60. The molecule has 1 aliphatic rings. The van der Waals surface area contributed by atoms with Crippen LogP contribution in [0.3, 0.4) is 0 Å². The summed E-state index contributed by atoms with van der Waals surface area (Å²) in [5.74, 6) is 1.11. The van der Waals surface area contributed by atoms with Crippen LogP contribution in [0.2, 0.25) is 0 Å². The molecule has 6 aromatic heterocycles.